The summed E-state index contributed by atoms with van der Waals surface area (Å²) in [7, 11) is -2.61. The Morgan fingerprint density at radius 1 is 0.973 bits per heavy atom. The van der Waals surface area contributed by atoms with E-state index in [0.29, 0.717) is 27.9 Å². The number of rotatable bonds is 7. The number of carbonyl (C=O) groups is 2. The van der Waals surface area contributed by atoms with Gasteiger partial charge in [-0.3, -0.25) is 4.79 Å². The minimum atomic E-state index is -3.78. The van der Waals surface area contributed by atoms with Crippen molar-refractivity contribution in [2.24, 2.45) is 0 Å². The van der Waals surface area contributed by atoms with Crippen LogP contribution in [0.25, 0.3) is 17.2 Å². The third-order valence-electron chi connectivity index (χ3n) is 5.05. The predicted octanol–water partition coefficient (Wildman–Crippen LogP) is 4.50. The highest BCUT2D eigenvalue weighted by Gasteiger charge is 2.25. The van der Waals surface area contributed by atoms with Crippen molar-refractivity contribution in [1.82, 2.24) is 4.72 Å². The molecule has 0 aromatic heterocycles. The third-order valence-corrected chi connectivity index (χ3v) is 6.86. The van der Waals surface area contributed by atoms with Gasteiger partial charge < -0.3 is 10.1 Å². The van der Waals surface area contributed by atoms with E-state index in [1.165, 1.54) is 19.3 Å². The molecule has 0 bridgehead atoms. The molecule has 9 heteroatoms. The molecular formula is C28H27N3O5S. The summed E-state index contributed by atoms with van der Waals surface area (Å²) in [6.45, 7) is 5.30. The number of hydrogen-bond acceptors (Lipinski definition) is 6. The maximum absolute atomic E-state index is 13.0. The zero-order chi connectivity index (χ0) is 27.2. The highest BCUT2D eigenvalue weighted by atomic mass is 32.2. The molecule has 0 unspecified atom stereocenters. The first-order valence-corrected chi connectivity index (χ1v) is 12.8. The Bertz CT molecular complexity index is 1500. The van der Waals surface area contributed by atoms with Gasteiger partial charge in [-0.1, -0.05) is 42.5 Å². The highest BCUT2D eigenvalue weighted by Crippen LogP contribution is 2.29. The molecule has 37 heavy (non-hydrogen) atoms. The summed E-state index contributed by atoms with van der Waals surface area (Å²) in [6.07, 6.45) is 1.35. The maximum Gasteiger partial charge on any atom is 0.343 e. The lowest BCUT2D eigenvalue weighted by Gasteiger charge is -2.21. The molecule has 0 atom stereocenters. The highest BCUT2D eigenvalue weighted by molar-refractivity contribution is 7.89. The molecular weight excluding hydrogens is 490 g/mol. The molecule has 3 aromatic carbocycles. The van der Waals surface area contributed by atoms with Crippen LogP contribution in [0, 0.1) is 11.3 Å². The Labute approximate surface area is 216 Å². The van der Waals surface area contributed by atoms with E-state index < -0.39 is 27.4 Å². The summed E-state index contributed by atoms with van der Waals surface area (Å²) in [5.41, 5.74) is 1.50. The molecule has 0 aliphatic rings. The quantitative estimate of drug-likeness (QED) is 0.206. The fourth-order valence-corrected chi connectivity index (χ4v) is 5.17. The Hall–Kier alpha value is -4.26. The van der Waals surface area contributed by atoms with Gasteiger partial charge in [0.2, 0.25) is 10.0 Å². The Balaban J connectivity index is 1.88. The standard InChI is InChI=1S/C28H27N3O5S/c1-28(2,3)31-37(34,35)25-11-6-5-10-23(25)21-12-14-22(15-13-21)30-26(32)24(27(33)36-4)17-19-8-7-9-20(16-19)18-29/h5-17,31H,1-4H3,(H,30,32)/b24-17-. The zero-order valence-electron chi connectivity index (χ0n) is 20.9. The molecule has 0 heterocycles. The van der Waals surface area contributed by atoms with E-state index in [4.69, 9.17) is 10.00 Å². The fourth-order valence-electron chi connectivity index (χ4n) is 3.52. The number of ether oxygens (including phenoxy) is 1. The normalized spacial score (nSPS) is 11.9. The van der Waals surface area contributed by atoms with Gasteiger partial charge in [0.1, 0.15) is 5.57 Å². The molecule has 0 saturated heterocycles. The number of anilines is 1. The summed E-state index contributed by atoms with van der Waals surface area (Å²) in [4.78, 5) is 25.3. The molecule has 3 aromatic rings. The summed E-state index contributed by atoms with van der Waals surface area (Å²) in [5, 5.41) is 11.8. The third kappa shape index (κ3) is 7.13. The van der Waals surface area contributed by atoms with Crippen molar-refractivity contribution in [3.63, 3.8) is 0 Å². The maximum atomic E-state index is 13.0. The van der Waals surface area contributed by atoms with Gasteiger partial charge in [0.15, 0.2) is 0 Å². The number of nitrogens with one attached hydrogen (secondary N) is 2. The van der Waals surface area contributed by atoms with Crippen LogP contribution in [0.1, 0.15) is 31.9 Å². The van der Waals surface area contributed by atoms with Crippen LogP contribution < -0.4 is 10.0 Å². The van der Waals surface area contributed by atoms with Crippen LogP contribution >= 0.6 is 0 Å². The van der Waals surface area contributed by atoms with Crippen LogP contribution in [-0.4, -0.2) is 32.9 Å². The van der Waals surface area contributed by atoms with E-state index in [9.17, 15) is 18.0 Å². The molecule has 190 valence electrons. The van der Waals surface area contributed by atoms with Crippen molar-refractivity contribution in [3.05, 3.63) is 89.5 Å². The molecule has 0 aliphatic heterocycles. The molecule has 0 aliphatic carbocycles. The van der Waals surface area contributed by atoms with Crippen molar-refractivity contribution in [3.8, 4) is 17.2 Å². The molecule has 0 spiro atoms. The van der Waals surface area contributed by atoms with Gasteiger partial charge in [0.25, 0.3) is 5.91 Å². The van der Waals surface area contributed by atoms with E-state index in [2.05, 4.69) is 10.0 Å². The second-order valence-corrected chi connectivity index (χ2v) is 10.8. The number of sulfonamides is 1. The summed E-state index contributed by atoms with van der Waals surface area (Å²) < 4.78 is 33.4. The molecule has 3 rings (SSSR count). The lowest BCUT2D eigenvalue weighted by atomic mass is 10.0. The first kappa shape index (κ1) is 27.3. The van der Waals surface area contributed by atoms with E-state index in [-0.39, 0.29) is 10.5 Å². The average Bonchev–Trinajstić information content (AvgIpc) is 2.86. The summed E-state index contributed by atoms with van der Waals surface area (Å²) >= 11 is 0. The van der Waals surface area contributed by atoms with Crippen LogP contribution in [0.3, 0.4) is 0 Å². The second kappa shape index (κ2) is 11.2. The number of benzene rings is 3. The lowest BCUT2D eigenvalue weighted by molar-refractivity contribution is -0.137. The fraction of sp³-hybridized carbons (Fsp3) is 0.179. The molecule has 2 N–H and O–H groups in total. The number of amides is 1. The van der Waals surface area contributed by atoms with Gasteiger partial charge in [0, 0.05) is 16.8 Å². The van der Waals surface area contributed by atoms with Crippen LogP contribution in [0.15, 0.2) is 83.3 Å². The SMILES string of the molecule is COC(=O)/C(=C\c1cccc(C#N)c1)C(=O)Nc1ccc(-c2ccccc2S(=O)(=O)NC(C)(C)C)cc1. The van der Waals surface area contributed by atoms with Crippen LogP contribution in [0.4, 0.5) is 5.69 Å². The number of nitrogens with zero attached hydrogens (tertiary/aromatic N) is 1. The van der Waals surface area contributed by atoms with Crippen molar-refractivity contribution < 1.29 is 22.7 Å². The predicted molar refractivity (Wildman–Crippen MR) is 142 cm³/mol. The number of esters is 1. The van der Waals surface area contributed by atoms with Crippen molar-refractivity contribution >= 4 is 33.7 Å². The largest absolute Gasteiger partial charge is 0.465 e. The first-order valence-electron chi connectivity index (χ1n) is 11.3. The Morgan fingerprint density at radius 2 is 1.65 bits per heavy atom. The second-order valence-electron chi connectivity index (χ2n) is 9.17. The Kier molecular flexibility index (Phi) is 8.28. The van der Waals surface area contributed by atoms with E-state index in [1.54, 1.807) is 87.5 Å². The molecule has 0 fully saturated rings. The molecule has 0 saturated carbocycles. The lowest BCUT2D eigenvalue weighted by Crippen LogP contribution is -2.40. The van der Waals surface area contributed by atoms with Gasteiger partial charge >= 0.3 is 5.97 Å². The van der Waals surface area contributed by atoms with Crippen LogP contribution in [-0.2, 0) is 24.3 Å². The minimum absolute atomic E-state index is 0.136. The van der Waals surface area contributed by atoms with E-state index in [0.717, 1.165) is 0 Å². The molecule has 0 radical (unpaired) electrons. The summed E-state index contributed by atoms with van der Waals surface area (Å²) in [6, 6.07) is 21.7. The smallest absolute Gasteiger partial charge is 0.343 e. The number of hydrogen-bond donors (Lipinski definition) is 2. The zero-order valence-corrected chi connectivity index (χ0v) is 21.7. The van der Waals surface area contributed by atoms with Gasteiger partial charge in [-0.05, 0) is 68.3 Å². The van der Waals surface area contributed by atoms with Gasteiger partial charge in [-0.25, -0.2) is 17.9 Å². The van der Waals surface area contributed by atoms with Crippen molar-refractivity contribution in [1.29, 1.82) is 5.26 Å². The van der Waals surface area contributed by atoms with Crippen molar-refractivity contribution in [2.45, 2.75) is 31.2 Å². The monoisotopic (exact) mass is 517 g/mol. The van der Waals surface area contributed by atoms with Crippen molar-refractivity contribution in [2.75, 3.05) is 12.4 Å². The van der Waals surface area contributed by atoms with Crippen LogP contribution in [0.2, 0.25) is 0 Å². The van der Waals surface area contributed by atoms with Gasteiger partial charge in [-0.15, -0.1) is 0 Å². The van der Waals surface area contributed by atoms with Gasteiger partial charge in [0.05, 0.1) is 23.6 Å². The minimum Gasteiger partial charge on any atom is -0.465 e. The average molecular weight is 518 g/mol. The Morgan fingerprint density at radius 3 is 2.27 bits per heavy atom. The van der Waals surface area contributed by atoms with Crippen LogP contribution in [0.5, 0.6) is 0 Å². The first-order chi connectivity index (χ1) is 17.4. The number of methoxy groups -OCH3 is 1. The van der Waals surface area contributed by atoms with E-state index >= 15 is 0 Å². The molecule has 1 amide bonds. The summed E-state index contributed by atoms with van der Waals surface area (Å²) in [5.74, 6) is -1.53. The number of nitriles is 1. The number of carbonyl (C=O) groups excluding carboxylic acids is 2. The molecule has 8 nitrogen and oxygen atoms in total. The topological polar surface area (TPSA) is 125 Å². The van der Waals surface area contributed by atoms with Gasteiger partial charge in [-0.2, -0.15) is 5.26 Å². The van der Waals surface area contributed by atoms with E-state index in [1.807, 2.05) is 6.07 Å².